The number of nitrogens with zero attached hydrogens (tertiary/aromatic N) is 1. The summed E-state index contributed by atoms with van der Waals surface area (Å²) in [6.07, 6.45) is 1.63. The normalized spacial score (nSPS) is 13.0. The highest BCUT2D eigenvalue weighted by Gasteiger charge is 2.03. The lowest BCUT2D eigenvalue weighted by Gasteiger charge is -2.09. The van der Waals surface area contributed by atoms with Crippen LogP contribution in [0.25, 0.3) is 0 Å². The van der Waals surface area contributed by atoms with E-state index in [4.69, 9.17) is 10.00 Å². The number of hydrogen-bond donors (Lipinski definition) is 0. The fourth-order valence-corrected chi connectivity index (χ4v) is 0.692. The van der Waals surface area contributed by atoms with Crippen molar-refractivity contribution >= 4 is 0 Å². The van der Waals surface area contributed by atoms with Gasteiger partial charge in [-0.1, -0.05) is 20.8 Å². The van der Waals surface area contributed by atoms with Crippen molar-refractivity contribution in [3.63, 3.8) is 0 Å². The fourth-order valence-electron chi connectivity index (χ4n) is 0.692. The van der Waals surface area contributed by atoms with Gasteiger partial charge in [-0.3, -0.25) is 0 Å². The first-order chi connectivity index (χ1) is 5.20. The Hall–Kier alpha value is -0.550. The third kappa shape index (κ3) is 5.87. The van der Waals surface area contributed by atoms with E-state index in [-0.39, 0.29) is 6.10 Å². The van der Waals surface area contributed by atoms with Gasteiger partial charge in [-0.05, 0) is 18.8 Å². The van der Waals surface area contributed by atoms with Crippen LogP contribution in [0.1, 0.15) is 33.6 Å². The van der Waals surface area contributed by atoms with Crippen LogP contribution in [0.5, 0.6) is 0 Å². The van der Waals surface area contributed by atoms with Crippen molar-refractivity contribution in [1.82, 2.24) is 0 Å². The van der Waals surface area contributed by atoms with E-state index in [9.17, 15) is 0 Å². The zero-order chi connectivity index (χ0) is 8.69. The van der Waals surface area contributed by atoms with E-state index in [0.29, 0.717) is 12.5 Å². The average molecular weight is 155 g/mol. The van der Waals surface area contributed by atoms with Crippen molar-refractivity contribution in [3.8, 4) is 6.07 Å². The maximum atomic E-state index is 8.52. The molecule has 0 aliphatic rings. The zero-order valence-electron chi connectivity index (χ0n) is 7.63. The molecule has 0 bridgehead atoms. The van der Waals surface area contributed by atoms with Gasteiger partial charge in [-0.2, -0.15) is 5.26 Å². The van der Waals surface area contributed by atoms with Gasteiger partial charge in [0.15, 0.2) is 0 Å². The predicted octanol–water partition coefficient (Wildman–Crippen LogP) is 2.35. The highest BCUT2D eigenvalue weighted by atomic mass is 16.5. The molecule has 2 nitrogen and oxygen atoms in total. The molecule has 0 aromatic rings. The summed E-state index contributed by atoms with van der Waals surface area (Å²) in [5, 5.41) is 8.52. The van der Waals surface area contributed by atoms with Crippen LogP contribution in [0.4, 0.5) is 0 Å². The molecule has 0 aliphatic carbocycles. The van der Waals surface area contributed by atoms with Crippen LogP contribution < -0.4 is 0 Å². The summed E-state index contributed by atoms with van der Waals surface area (Å²) in [6.45, 7) is 6.97. The molecule has 64 valence electrons. The van der Waals surface area contributed by atoms with E-state index < -0.39 is 0 Å². The Morgan fingerprint density at radius 3 is 2.45 bits per heavy atom. The van der Waals surface area contributed by atoms with Crippen molar-refractivity contribution in [2.75, 3.05) is 6.61 Å². The van der Waals surface area contributed by atoms with Crippen LogP contribution in [0.3, 0.4) is 0 Å². The molecule has 0 heterocycles. The molecule has 0 radical (unpaired) electrons. The Kier molecular flexibility index (Phi) is 5.87. The van der Waals surface area contributed by atoms with Crippen LogP contribution in [0.15, 0.2) is 0 Å². The van der Waals surface area contributed by atoms with Gasteiger partial charge in [0, 0.05) is 6.61 Å². The van der Waals surface area contributed by atoms with E-state index >= 15 is 0 Å². The van der Waals surface area contributed by atoms with Crippen molar-refractivity contribution in [1.29, 1.82) is 5.26 Å². The highest BCUT2D eigenvalue weighted by molar-refractivity contribution is 4.82. The third-order valence-electron chi connectivity index (χ3n) is 1.53. The molecule has 1 atom stereocenters. The fraction of sp³-hybridized carbons (Fsp3) is 0.889. The second kappa shape index (κ2) is 6.18. The standard InChI is InChI=1S/C9H17NO/c1-4-9(7-10)11-6-5-8(2)3/h8-9H,4-6H2,1-3H3. The summed E-state index contributed by atoms with van der Waals surface area (Å²) in [6, 6.07) is 2.10. The van der Waals surface area contributed by atoms with E-state index in [1.54, 1.807) is 0 Å². The molecular formula is C9H17NO. The molecule has 0 saturated carbocycles. The summed E-state index contributed by atoms with van der Waals surface area (Å²) in [7, 11) is 0. The molecule has 0 fully saturated rings. The van der Waals surface area contributed by atoms with Crippen LogP contribution >= 0.6 is 0 Å². The van der Waals surface area contributed by atoms with Gasteiger partial charge in [0.25, 0.3) is 0 Å². The molecule has 0 spiro atoms. The summed E-state index contributed by atoms with van der Waals surface area (Å²) in [4.78, 5) is 0. The molecule has 2 heteroatoms. The maximum absolute atomic E-state index is 8.52. The minimum Gasteiger partial charge on any atom is -0.363 e. The van der Waals surface area contributed by atoms with Gasteiger partial charge in [-0.25, -0.2) is 0 Å². The Bertz CT molecular complexity index is 126. The van der Waals surface area contributed by atoms with Crippen molar-refractivity contribution in [3.05, 3.63) is 0 Å². The topological polar surface area (TPSA) is 33.0 Å². The molecule has 0 N–H and O–H groups in total. The van der Waals surface area contributed by atoms with E-state index in [1.165, 1.54) is 0 Å². The Labute approximate surface area is 69.2 Å². The molecule has 0 aromatic carbocycles. The van der Waals surface area contributed by atoms with Crippen molar-refractivity contribution in [2.24, 2.45) is 5.92 Å². The van der Waals surface area contributed by atoms with Crippen LogP contribution in [-0.2, 0) is 4.74 Å². The van der Waals surface area contributed by atoms with Crippen LogP contribution in [-0.4, -0.2) is 12.7 Å². The summed E-state index contributed by atoms with van der Waals surface area (Å²) >= 11 is 0. The molecular weight excluding hydrogens is 138 g/mol. The van der Waals surface area contributed by atoms with Gasteiger partial charge in [-0.15, -0.1) is 0 Å². The zero-order valence-corrected chi connectivity index (χ0v) is 7.63. The van der Waals surface area contributed by atoms with E-state index in [2.05, 4.69) is 19.9 Å². The molecule has 0 aromatic heterocycles. The second-order valence-corrected chi connectivity index (χ2v) is 3.08. The quantitative estimate of drug-likeness (QED) is 0.610. The minimum atomic E-state index is -0.200. The lowest BCUT2D eigenvalue weighted by molar-refractivity contribution is 0.0794. The molecule has 0 amide bonds. The van der Waals surface area contributed by atoms with Crippen molar-refractivity contribution in [2.45, 2.75) is 39.7 Å². The van der Waals surface area contributed by atoms with Gasteiger partial charge in [0.1, 0.15) is 6.10 Å². The molecule has 0 rings (SSSR count). The first kappa shape index (κ1) is 10.4. The maximum Gasteiger partial charge on any atom is 0.143 e. The van der Waals surface area contributed by atoms with Crippen LogP contribution in [0, 0.1) is 17.2 Å². The summed E-state index contributed by atoms with van der Waals surface area (Å²) in [5.74, 6) is 0.659. The Morgan fingerprint density at radius 2 is 2.09 bits per heavy atom. The number of ether oxygens (including phenoxy) is 1. The first-order valence-electron chi connectivity index (χ1n) is 4.21. The van der Waals surface area contributed by atoms with Crippen molar-refractivity contribution < 1.29 is 4.74 Å². The lowest BCUT2D eigenvalue weighted by Crippen LogP contribution is -2.10. The van der Waals surface area contributed by atoms with Gasteiger partial charge in [0.2, 0.25) is 0 Å². The number of hydrogen-bond acceptors (Lipinski definition) is 2. The van der Waals surface area contributed by atoms with Gasteiger partial charge < -0.3 is 4.74 Å². The number of nitriles is 1. The largest absolute Gasteiger partial charge is 0.363 e. The van der Waals surface area contributed by atoms with E-state index in [1.807, 2.05) is 6.92 Å². The Morgan fingerprint density at radius 1 is 1.45 bits per heavy atom. The SMILES string of the molecule is CCC(C#N)OCCC(C)C. The minimum absolute atomic E-state index is 0.200. The molecule has 11 heavy (non-hydrogen) atoms. The lowest BCUT2D eigenvalue weighted by atomic mass is 10.1. The van der Waals surface area contributed by atoms with Crippen LogP contribution in [0.2, 0.25) is 0 Å². The summed E-state index contributed by atoms with van der Waals surface area (Å²) in [5.41, 5.74) is 0. The van der Waals surface area contributed by atoms with Gasteiger partial charge >= 0.3 is 0 Å². The average Bonchev–Trinajstić information content (AvgIpc) is 1.98. The molecule has 0 aliphatic heterocycles. The smallest absolute Gasteiger partial charge is 0.143 e. The second-order valence-electron chi connectivity index (χ2n) is 3.08. The highest BCUT2D eigenvalue weighted by Crippen LogP contribution is 2.02. The number of rotatable bonds is 5. The summed E-state index contributed by atoms with van der Waals surface area (Å²) < 4.78 is 5.29. The third-order valence-corrected chi connectivity index (χ3v) is 1.53. The predicted molar refractivity (Wildman–Crippen MR) is 45.1 cm³/mol. The Balaban J connectivity index is 3.30. The van der Waals surface area contributed by atoms with Gasteiger partial charge in [0.05, 0.1) is 6.07 Å². The molecule has 0 saturated heterocycles. The monoisotopic (exact) mass is 155 g/mol. The van der Waals surface area contributed by atoms with E-state index in [0.717, 1.165) is 12.8 Å². The molecule has 1 unspecified atom stereocenters. The first-order valence-corrected chi connectivity index (χ1v) is 4.21.